The number of nitrogens with one attached hydrogen (secondary N) is 2. The summed E-state index contributed by atoms with van der Waals surface area (Å²) in [6, 6.07) is 3.99. The smallest absolute Gasteiger partial charge is 0.264 e. The fraction of sp³-hybridized carbons (Fsp3) is 0.385. The predicted octanol–water partition coefficient (Wildman–Crippen LogP) is 0.497. The minimum atomic E-state index is -3.87. The number of benzene rings is 1. The number of carbonyl (C=O) groups excluding carboxylic acids is 2. The van der Waals surface area contributed by atoms with Crippen molar-refractivity contribution in [3.8, 4) is 0 Å². The highest BCUT2D eigenvalue weighted by molar-refractivity contribution is 9.10. The lowest BCUT2D eigenvalue weighted by atomic mass is 10.2. The summed E-state index contributed by atoms with van der Waals surface area (Å²) in [6.07, 6.45) is 0. The van der Waals surface area contributed by atoms with Crippen LogP contribution in [-0.4, -0.2) is 51.9 Å². The number of hydroxylamine groups is 1. The first kappa shape index (κ1) is 19.6. The lowest BCUT2D eigenvalue weighted by Crippen LogP contribution is -2.37. The van der Waals surface area contributed by atoms with Crippen LogP contribution in [0.5, 0.6) is 0 Å². The number of carbonyl (C=O) groups is 2. The molecule has 0 radical (unpaired) electrons. The molecule has 0 saturated heterocycles. The molecular weight excluding hydrogens is 390 g/mol. The molecule has 0 aromatic heterocycles. The first-order valence-electron chi connectivity index (χ1n) is 6.61. The van der Waals surface area contributed by atoms with Crippen LogP contribution >= 0.6 is 15.9 Å². The van der Waals surface area contributed by atoms with Gasteiger partial charge in [-0.1, -0.05) is 4.47 Å². The Morgan fingerprint density at radius 1 is 1.30 bits per heavy atom. The number of amides is 2. The van der Waals surface area contributed by atoms with Crippen LogP contribution in [0.4, 0.5) is 0 Å². The molecule has 0 atom stereocenters. The van der Waals surface area contributed by atoms with Gasteiger partial charge in [-0.15, -0.1) is 0 Å². The van der Waals surface area contributed by atoms with Crippen LogP contribution in [0.1, 0.15) is 17.3 Å². The van der Waals surface area contributed by atoms with Crippen molar-refractivity contribution in [2.75, 3.05) is 27.2 Å². The summed E-state index contributed by atoms with van der Waals surface area (Å²) < 4.78 is 25.5. The molecular formula is C13H18BrN3O5S. The molecule has 1 aromatic carbocycles. The molecule has 2 N–H and O–H groups in total. The van der Waals surface area contributed by atoms with Crippen LogP contribution in [0.15, 0.2) is 27.6 Å². The zero-order valence-corrected chi connectivity index (χ0v) is 15.3. The standard InChI is InChI=1S/C13H18BrN3O5S/c1-4-15-12(18)8-16-13(19)10-7-9(5-6-11(10)14)23(20,21)17(2)22-3/h5-7H,4,8H2,1-3H3,(H,15,18)(H,16,19). The highest BCUT2D eigenvalue weighted by Gasteiger charge is 2.23. The van der Waals surface area contributed by atoms with E-state index in [-0.39, 0.29) is 22.9 Å². The van der Waals surface area contributed by atoms with E-state index in [9.17, 15) is 18.0 Å². The summed E-state index contributed by atoms with van der Waals surface area (Å²) in [4.78, 5) is 28.1. The largest absolute Gasteiger partial charge is 0.355 e. The first-order valence-corrected chi connectivity index (χ1v) is 8.84. The quantitative estimate of drug-likeness (QED) is 0.640. The van der Waals surface area contributed by atoms with E-state index >= 15 is 0 Å². The minimum absolute atomic E-state index is 0.0971. The predicted molar refractivity (Wildman–Crippen MR) is 87.1 cm³/mol. The maximum absolute atomic E-state index is 12.2. The fourth-order valence-corrected chi connectivity index (χ4v) is 3.03. The van der Waals surface area contributed by atoms with Crippen molar-refractivity contribution in [1.29, 1.82) is 0 Å². The Bertz CT molecular complexity index is 693. The van der Waals surface area contributed by atoms with Crippen LogP contribution in [-0.2, 0) is 19.7 Å². The number of halogens is 1. The number of hydrogen-bond acceptors (Lipinski definition) is 5. The Kier molecular flexibility index (Phi) is 7.13. The van der Waals surface area contributed by atoms with E-state index in [2.05, 4.69) is 31.4 Å². The lowest BCUT2D eigenvalue weighted by molar-refractivity contribution is -0.120. The van der Waals surface area contributed by atoms with Gasteiger partial charge in [0.25, 0.3) is 15.9 Å². The zero-order valence-electron chi connectivity index (χ0n) is 12.9. The van der Waals surface area contributed by atoms with Gasteiger partial charge in [-0.05, 0) is 41.1 Å². The molecule has 0 bridgehead atoms. The minimum Gasteiger partial charge on any atom is -0.355 e. The molecule has 0 spiro atoms. The van der Waals surface area contributed by atoms with Crippen molar-refractivity contribution in [1.82, 2.24) is 15.1 Å². The fourth-order valence-electron chi connectivity index (χ4n) is 1.60. The van der Waals surface area contributed by atoms with Crippen molar-refractivity contribution < 1.29 is 22.8 Å². The van der Waals surface area contributed by atoms with Gasteiger partial charge in [0.15, 0.2) is 0 Å². The topological polar surface area (TPSA) is 105 Å². The highest BCUT2D eigenvalue weighted by atomic mass is 79.9. The summed E-state index contributed by atoms with van der Waals surface area (Å²) >= 11 is 3.19. The Morgan fingerprint density at radius 2 is 1.96 bits per heavy atom. The van der Waals surface area contributed by atoms with Crippen LogP contribution in [0.25, 0.3) is 0 Å². The van der Waals surface area contributed by atoms with Crippen molar-refractivity contribution in [2.24, 2.45) is 0 Å². The van der Waals surface area contributed by atoms with Crippen LogP contribution < -0.4 is 10.6 Å². The molecule has 1 rings (SSSR count). The average molecular weight is 408 g/mol. The third-order valence-electron chi connectivity index (χ3n) is 2.86. The molecule has 0 aliphatic carbocycles. The Balaban J connectivity index is 3.02. The van der Waals surface area contributed by atoms with E-state index in [1.165, 1.54) is 32.4 Å². The number of hydrogen-bond donors (Lipinski definition) is 2. The summed E-state index contributed by atoms with van der Waals surface area (Å²) in [5, 5.41) is 4.97. The normalized spacial score (nSPS) is 11.3. The van der Waals surface area contributed by atoms with Gasteiger partial charge < -0.3 is 10.6 Å². The second-order valence-corrected chi connectivity index (χ2v) is 7.17. The number of likely N-dealkylation sites (N-methyl/N-ethyl adjacent to an activating group) is 1. The molecule has 10 heteroatoms. The van der Waals surface area contributed by atoms with E-state index in [1.807, 2.05) is 0 Å². The number of nitrogens with zero attached hydrogens (tertiary/aromatic N) is 1. The summed E-state index contributed by atoms with van der Waals surface area (Å²) in [6.45, 7) is 2.01. The van der Waals surface area contributed by atoms with Crippen molar-refractivity contribution >= 4 is 37.8 Å². The van der Waals surface area contributed by atoms with Crippen molar-refractivity contribution in [2.45, 2.75) is 11.8 Å². The van der Waals surface area contributed by atoms with Gasteiger partial charge in [-0.2, -0.15) is 0 Å². The Morgan fingerprint density at radius 3 is 2.52 bits per heavy atom. The van der Waals surface area contributed by atoms with Gasteiger partial charge in [0.2, 0.25) is 5.91 Å². The molecule has 8 nitrogen and oxygen atoms in total. The highest BCUT2D eigenvalue weighted by Crippen LogP contribution is 2.23. The van der Waals surface area contributed by atoms with Gasteiger partial charge in [0, 0.05) is 18.1 Å². The molecule has 0 unspecified atom stereocenters. The van der Waals surface area contributed by atoms with Crippen LogP contribution in [0, 0.1) is 0 Å². The maximum Gasteiger partial charge on any atom is 0.264 e. The molecule has 0 saturated carbocycles. The van der Waals surface area contributed by atoms with E-state index in [0.29, 0.717) is 15.5 Å². The number of sulfonamides is 1. The van der Waals surface area contributed by atoms with Gasteiger partial charge in [0.1, 0.15) is 0 Å². The molecule has 23 heavy (non-hydrogen) atoms. The second-order valence-electron chi connectivity index (χ2n) is 4.38. The van der Waals surface area contributed by atoms with E-state index < -0.39 is 15.9 Å². The lowest BCUT2D eigenvalue weighted by Gasteiger charge is -2.15. The van der Waals surface area contributed by atoms with E-state index in [4.69, 9.17) is 0 Å². The third kappa shape index (κ3) is 4.99. The molecule has 2 amide bonds. The molecule has 0 fully saturated rings. The van der Waals surface area contributed by atoms with Crippen molar-refractivity contribution in [3.63, 3.8) is 0 Å². The maximum atomic E-state index is 12.2. The molecule has 0 heterocycles. The van der Waals surface area contributed by atoms with Crippen molar-refractivity contribution in [3.05, 3.63) is 28.2 Å². The molecule has 0 aliphatic heterocycles. The first-order chi connectivity index (χ1) is 10.7. The SMILES string of the molecule is CCNC(=O)CNC(=O)c1cc(S(=O)(=O)N(C)OC)ccc1Br. The summed E-state index contributed by atoms with van der Waals surface area (Å²) in [7, 11) is -1.41. The molecule has 0 aliphatic rings. The summed E-state index contributed by atoms with van der Waals surface area (Å²) in [5.74, 6) is -0.903. The molecule has 128 valence electrons. The Hall–Kier alpha value is -1.49. The zero-order chi connectivity index (χ0) is 17.6. The molecule has 1 aromatic rings. The van der Waals surface area contributed by atoms with Gasteiger partial charge in [0.05, 0.1) is 24.1 Å². The summed E-state index contributed by atoms with van der Waals surface area (Å²) in [5.41, 5.74) is 0.0971. The third-order valence-corrected chi connectivity index (χ3v) is 5.23. The van der Waals surface area contributed by atoms with E-state index in [1.54, 1.807) is 6.92 Å². The van der Waals surface area contributed by atoms with Gasteiger partial charge in [-0.3, -0.25) is 14.4 Å². The van der Waals surface area contributed by atoms with Crippen LogP contribution in [0.2, 0.25) is 0 Å². The number of rotatable bonds is 7. The second kappa shape index (κ2) is 8.39. The van der Waals surface area contributed by atoms with E-state index in [0.717, 1.165) is 0 Å². The Labute approximate surface area is 143 Å². The van der Waals surface area contributed by atoms with Crippen LogP contribution in [0.3, 0.4) is 0 Å². The average Bonchev–Trinajstić information content (AvgIpc) is 2.52. The van der Waals surface area contributed by atoms with Gasteiger partial charge in [-0.25, -0.2) is 8.42 Å². The monoisotopic (exact) mass is 407 g/mol. The van der Waals surface area contributed by atoms with Gasteiger partial charge >= 0.3 is 0 Å².